The van der Waals surface area contributed by atoms with Gasteiger partial charge in [0, 0.05) is 5.69 Å². The highest BCUT2D eigenvalue weighted by atomic mass is 16.4. The fraction of sp³-hybridized carbons (Fsp3) is 0.333. The smallest absolute Gasteiger partial charge is 0.358 e. The molecule has 116 valence electrons. The number of carbonyl (C=O) groups excluding carboxylic acids is 1. The molecule has 2 rings (SSSR count). The second-order valence-electron chi connectivity index (χ2n) is 5.05. The van der Waals surface area contributed by atoms with Crippen LogP contribution in [0.3, 0.4) is 0 Å². The maximum atomic E-state index is 12.1. The van der Waals surface area contributed by atoms with E-state index in [0.29, 0.717) is 17.8 Å². The number of carboxylic acids is 1. The summed E-state index contributed by atoms with van der Waals surface area (Å²) in [7, 11) is 0. The van der Waals surface area contributed by atoms with E-state index >= 15 is 0 Å². The van der Waals surface area contributed by atoms with Crippen LogP contribution in [-0.2, 0) is 17.8 Å². The van der Waals surface area contributed by atoms with E-state index in [9.17, 15) is 9.59 Å². The van der Waals surface area contributed by atoms with Gasteiger partial charge < -0.3 is 10.4 Å². The molecule has 0 aliphatic rings. The summed E-state index contributed by atoms with van der Waals surface area (Å²) in [6, 6.07) is 5.64. The SMILES string of the molecule is CCc1c(C(=O)O)nnn1CC(=O)Nc1ccc(C)c(C)c1. The normalized spacial score (nSPS) is 10.5. The van der Waals surface area contributed by atoms with Crippen LogP contribution in [0, 0.1) is 13.8 Å². The average molecular weight is 302 g/mol. The van der Waals surface area contributed by atoms with Crippen molar-refractivity contribution in [2.75, 3.05) is 5.32 Å². The van der Waals surface area contributed by atoms with E-state index in [2.05, 4.69) is 15.6 Å². The number of anilines is 1. The van der Waals surface area contributed by atoms with Gasteiger partial charge in [0.15, 0.2) is 5.69 Å². The fourth-order valence-corrected chi connectivity index (χ4v) is 2.13. The number of rotatable bonds is 5. The second kappa shape index (κ2) is 6.38. The first kappa shape index (κ1) is 15.7. The number of nitrogens with zero attached hydrogens (tertiary/aromatic N) is 3. The highest BCUT2D eigenvalue weighted by Crippen LogP contribution is 2.14. The summed E-state index contributed by atoms with van der Waals surface area (Å²) in [6.07, 6.45) is 0.436. The van der Waals surface area contributed by atoms with Gasteiger partial charge in [-0.15, -0.1) is 5.10 Å². The molecule has 0 unspecified atom stereocenters. The zero-order valence-electron chi connectivity index (χ0n) is 12.8. The van der Waals surface area contributed by atoms with Gasteiger partial charge in [-0.2, -0.15) is 0 Å². The van der Waals surface area contributed by atoms with Crippen LogP contribution in [0.5, 0.6) is 0 Å². The van der Waals surface area contributed by atoms with Gasteiger partial charge in [-0.1, -0.05) is 18.2 Å². The van der Waals surface area contributed by atoms with Crippen molar-refractivity contribution < 1.29 is 14.7 Å². The summed E-state index contributed by atoms with van der Waals surface area (Å²) in [6.45, 7) is 5.69. The molecule has 2 aromatic rings. The Morgan fingerprint density at radius 3 is 2.59 bits per heavy atom. The molecule has 0 saturated heterocycles. The number of aryl methyl sites for hydroxylation is 2. The highest BCUT2D eigenvalue weighted by Gasteiger charge is 2.18. The van der Waals surface area contributed by atoms with Gasteiger partial charge in [0.1, 0.15) is 6.54 Å². The van der Waals surface area contributed by atoms with E-state index in [1.165, 1.54) is 4.68 Å². The van der Waals surface area contributed by atoms with E-state index in [-0.39, 0.29) is 18.1 Å². The van der Waals surface area contributed by atoms with Gasteiger partial charge >= 0.3 is 5.97 Å². The molecule has 22 heavy (non-hydrogen) atoms. The Morgan fingerprint density at radius 1 is 1.27 bits per heavy atom. The van der Waals surface area contributed by atoms with Crippen LogP contribution in [-0.4, -0.2) is 32.0 Å². The largest absolute Gasteiger partial charge is 0.476 e. The summed E-state index contributed by atoms with van der Waals surface area (Å²) in [4.78, 5) is 23.1. The number of carbonyl (C=O) groups is 2. The molecule has 0 spiro atoms. The molecule has 1 aromatic heterocycles. The van der Waals surface area contributed by atoms with Crippen molar-refractivity contribution in [1.29, 1.82) is 0 Å². The van der Waals surface area contributed by atoms with Crippen molar-refractivity contribution in [3.63, 3.8) is 0 Å². The monoisotopic (exact) mass is 302 g/mol. The number of amides is 1. The Bertz CT molecular complexity index is 722. The predicted molar refractivity (Wildman–Crippen MR) is 80.9 cm³/mol. The van der Waals surface area contributed by atoms with Crippen molar-refractivity contribution >= 4 is 17.6 Å². The second-order valence-corrected chi connectivity index (χ2v) is 5.05. The molecule has 7 nitrogen and oxygen atoms in total. The minimum Gasteiger partial charge on any atom is -0.476 e. The van der Waals surface area contributed by atoms with Crippen molar-refractivity contribution in [3.8, 4) is 0 Å². The molecule has 0 atom stereocenters. The van der Waals surface area contributed by atoms with Gasteiger partial charge in [0.25, 0.3) is 0 Å². The Balaban J connectivity index is 2.12. The minimum atomic E-state index is -1.14. The van der Waals surface area contributed by atoms with Crippen LogP contribution in [0.2, 0.25) is 0 Å². The number of nitrogens with one attached hydrogen (secondary N) is 1. The lowest BCUT2D eigenvalue weighted by Gasteiger charge is -2.09. The standard InChI is InChI=1S/C15H18N4O3/c1-4-12-14(15(21)22)17-18-19(12)8-13(20)16-11-6-5-9(2)10(3)7-11/h5-7H,4,8H2,1-3H3,(H,16,20)(H,21,22). The number of hydrogen-bond acceptors (Lipinski definition) is 4. The number of hydrogen-bond donors (Lipinski definition) is 2. The van der Waals surface area contributed by atoms with Crippen LogP contribution in [0.15, 0.2) is 18.2 Å². The van der Waals surface area contributed by atoms with E-state index < -0.39 is 5.97 Å². The maximum absolute atomic E-state index is 12.1. The molecular weight excluding hydrogens is 284 g/mol. The average Bonchev–Trinajstić information content (AvgIpc) is 2.85. The number of aromatic carboxylic acids is 1. The molecule has 1 heterocycles. The third-order valence-electron chi connectivity index (χ3n) is 3.46. The van der Waals surface area contributed by atoms with Gasteiger partial charge in [0.2, 0.25) is 5.91 Å². The molecule has 0 bridgehead atoms. The van der Waals surface area contributed by atoms with Crippen LogP contribution in [0.4, 0.5) is 5.69 Å². The first-order valence-corrected chi connectivity index (χ1v) is 6.95. The number of aromatic nitrogens is 3. The van der Waals surface area contributed by atoms with Crippen LogP contribution in [0.1, 0.15) is 34.2 Å². The van der Waals surface area contributed by atoms with Crippen molar-refractivity contribution in [3.05, 3.63) is 40.7 Å². The zero-order valence-corrected chi connectivity index (χ0v) is 12.8. The molecule has 0 saturated carbocycles. The van der Waals surface area contributed by atoms with E-state index in [0.717, 1.165) is 11.1 Å². The maximum Gasteiger partial charge on any atom is 0.358 e. The molecule has 1 aromatic carbocycles. The Hall–Kier alpha value is -2.70. The first-order chi connectivity index (χ1) is 10.4. The fourth-order valence-electron chi connectivity index (χ4n) is 2.13. The summed E-state index contributed by atoms with van der Waals surface area (Å²) >= 11 is 0. The molecule has 1 amide bonds. The summed E-state index contributed by atoms with van der Waals surface area (Å²) < 4.78 is 1.32. The van der Waals surface area contributed by atoms with Crippen molar-refractivity contribution in [1.82, 2.24) is 15.0 Å². The van der Waals surface area contributed by atoms with Crippen LogP contribution >= 0.6 is 0 Å². The topological polar surface area (TPSA) is 97.1 Å². The highest BCUT2D eigenvalue weighted by molar-refractivity contribution is 5.91. The molecule has 0 aliphatic carbocycles. The zero-order chi connectivity index (χ0) is 16.3. The Labute approximate surface area is 128 Å². The van der Waals surface area contributed by atoms with E-state index in [1.54, 1.807) is 6.92 Å². The van der Waals surface area contributed by atoms with Gasteiger partial charge in [-0.05, 0) is 43.5 Å². The molecule has 0 aliphatic heterocycles. The van der Waals surface area contributed by atoms with Crippen LogP contribution < -0.4 is 5.32 Å². The Morgan fingerprint density at radius 2 is 2.00 bits per heavy atom. The van der Waals surface area contributed by atoms with Gasteiger partial charge in [0.05, 0.1) is 5.69 Å². The summed E-state index contributed by atoms with van der Waals surface area (Å²) in [5.74, 6) is -1.42. The van der Waals surface area contributed by atoms with E-state index in [4.69, 9.17) is 5.11 Å². The number of carboxylic acid groups (broad SMARTS) is 1. The lowest BCUT2D eigenvalue weighted by atomic mass is 10.1. The first-order valence-electron chi connectivity index (χ1n) is 6.95. The molecule has 0 fully saturated rings. The third-order valence-corrected chi connectivity index (χ3v) is 3.46. The Kier molecular flexibility index (Phi) is 4.55. The molecule has 2 N–H and O–H groups in total. The minimum absolute atomic E-state index is 0.0730. The third kappa shape index (κ3) is 3.30. The van der Waals surface area contributed by atoms with E-state index in [1.807, 2.05) is 32.0 Å². The lowest BCUT2D eigenvalue weighted by Crippen LogP contribution is -2.21. The molecule has 7 heteroatoms. The van der Waals surface area contributed by atoms with Gasteiger partial charge in [-0.3, -0.25) is 4.79 Å². The quantitative estimate of drug-likeness (QED) is 0.877. The predicted octanol–water partition coefficient (Wildman–Crippen LogP) is 1.79. The molecule has 0 radical (unpaired) electrons. The van der Waals surface area contributed by atoms with Crippen LogP contribution in [0.25, 0.3) is 0 Å². The molecular formula is C15H18N4O3. The van der Waals surface area contributed by atoms with Crippen molar-refractivity contribution in [2.45, 2.75) is 33.7 Å². The lowest BCUT2D eigenvalue weighted by molar-refractivity contribution is -0.117. The number of benzene rings is 1. The van der Waals surface area contributed by atoms with Crippen molar-refractivity contribution in [2.24, 2.45) is 0 Å². The summed E-state index contributed by atoms with van der Waals surface area (Å²) in [5.41, 5.74) is 3.25. The van der Waals surface area contributed by atoms with Gasteiger partial charge in [-0.25, -0.2) is 9.48 Å². The summed E-state index contributed by atoms with van der Waals surface area (Å²) in [5, 5.41) is 19.1.